The summed E-state index contributed by atoms with van der Waals surface area (Å²) in [5.41, 5.74) is -0.0533. The van der Waals surface area contributed by atoms with Crippen LogP contribution >= 0.6 is 0 Å². The molecule has 0 aromatic carbocycles. The van der Waals surface area contributed by atoms with Crippen molar-refractivity contribution in [3.63, 3.8) is 0 Å². The van der Waals surface area contributed by atoms with Gasteiger partial charge in [0.25, 0.3) is 5.91 Å². The molecule has 10 nitrogen and oxygen atoms in total. The van der Waals surface area contributed by atoms with Crippen molar-refractivity contribution in [2.75, 3.05) is 0 Å². The first-order valence-electron chi connectivity index (χ1n) is 11.0. The number of rotatable bonds is 3. The monoisotopic (exact) mass is 452 g/mol. The van der Waals surface area contributed by atoms with Gasteiger partial charge in [0, 0.05) is 0 Å². The van der Waals surface area contributed by atoms with Gasteiger partial charge in [0.1, 0.15) is 29.9 Å². The number of esters is 1. The molecule has 180 valence electrons. The van der Waals surface area contributed by atoms with E-state index in [1.54, 1.807) is 41.5 Å². The third-order valence-electron chi connectivity index (χ3n) is 5.17. The third kappa shape index (κ3) is 7.65. The fourth-order valence-corrected chi connectivity index (χ4v) is 3.07. The first kappa shape index (κ1) is 27.1. The SMILES string of the molecule is C/C=C1\NC(=O)C(C)NC(=O)C(C(C)C)NC(=O)CC(CC)OC(=O)C(C(C)C)NC1=O. The van der Waals surface area contributed by atoms with Crippen LogP contribution in [0, 0.1) is 11.8 Å². The minimum absolute atomic E-state index is 0.0533. The van der Waals surface area contributed by atoms with Gasteiger partial charge < -0.3 is 26.0 Å². The highest BCUT2D eigenvalue weighted by Gasteiger charge is 2.32. The highest BCUT2D eigenvalue weighted by atomic mass is 16.5. The second-order valence-corrected chi connectivity index (χ2v) is 8.58. The van der Waals surface area contributed by atoms with Crippen LogP contribution in [0.3, 0.4) is 0 Å². The van der Waals surface area contributed by atoms with Crippen molar-refractivity contribution >= 4 is 29.6 Å². The Bertz CT molecular complexity index is 762. The quantitative estimate of drug-likeness (QED) is 0.363. The average molecular weight is 453 g/mol. The van der Waals surface area contributed by atoms with Gasteiger partial charge in [0.05, 0.1) is 6.42 Å². The van der Waals surface area contributed by atoms with Crippen LogP contribution in [0.25, 0.3) is 0 Å². The zero-order chi connectivity index (χ0) is 24.6. The van der Waals surface area contributed by atoms with Crippen LogP contribution < -0.4 is 21.3 Å². The molecular weight excluding hydrogens is 416 g/mol. The summed E-state index contributed by atoms with van der Waals surface area (Å²) < 4.78 is 5.50. The number of allylic oxidation sites excluding steroid dienone is 1. The van der Waals surface area contributed by atoms with E-state index in [0.717, 1.165) is 0 Å². The lowest BCUT2D eigenvalue weighted by molar-refractivity contribution is -0.155. The number of hydrogen-bond acceptors (Lipinski definition) is 6. The molecule has 1 heterocycles. The molecule has 1 saturated heterocycles. The largest absolute Gasteiger partial charge is 0.460 e. The van der Waals surface area contributed by atoms with E-state index in [1.807, 2.05) is 0 Å². The fourth-order valence-electron chi connectivity index (χ4n) is 3.07. The topological polar surface area (TPSA) is 143 Å². The molecule has 4 unspecified atom stereocenters. The summed E-state index contributed by atoms with van der Waals surface area (Å²) in [6.45, 7) is 11.8. The molecule has 4 amide bonds. The summed E-state index contributed by atoms with van der Waals surface area (Å²) in [6.07, 6.45) is 0.931. The van der Waals surface area contributed by atoms with E-state index in [2.05, 4.69) is 21.3 Å². The Morgan fingerprint density at radius 2 is 1.53 bits per heavy atom. The van der Waals surface area contributed by atoms with Crippen LogP contribution in [0.15, 0.2) is 11.8 Å². The van der Waals surface area contributed by atoms with Gasteiger partial charge in [0.15, 0.2) is 0 Å². The van der Waals surface area contributed by atoms with Crippen molar-refractivity contribution in [2.45, 2.75) is 85.5 Å². The molecule has 0 aromatic rings. The number of cyclic esters (lactones) is 1. The molecule has 4 N–H and O–H groups in total. The van der Waals surface area contributed by atoms with E-state index in [-0.39, 0.29) is 24.0 Å². The van der Waals surface area contributed by atoms with Crippen molar-refractivity contribution in [1.82, 2.24) is 21.3 Å². The Balaban J connectivity index is 3.30. The number of amides is 4. The Morgan fingerprint density at radius 3 is 2.03 bits per heavy atom. The molecule has 1 rings (SSSR count). The molecule has 0 aromatic heterocycles. The van der Waals surface area contributed by atoms with Gasteiger partial charge in [-0.25, -0.2) is 4.79 Å². The second kappa shape index (κ2) is 12.2. The van der Waals surface area contributed by atoms with Gasteiger partial charge in [-0.2, -0.15) is 0 Å². The van der Waals surface area contributed by atoms with Crippen LogP contribution in [0.5, 0.6) is 0 Å². The van der Waals surface area contributed by atoms with Crippen molar-refractivity contribution in [3.8, 4) is 0 Å². The van der Waals surface area contributed by atoms with Crippen LogP contribution in [-0.4, -0.2) is 53.8 Å². The highest BCUT2D eigenvalue weighted by molar-refractivity contribution is 6.01. The lowest BCUT2D eigenvalue weighted by Crippen LogP contribution is -2.56. The van der Waals surface area contributed by atoms with Crippen molar-refractivity contribution < 1.29 is 28.7 Å². The molecule has 0 spiro atoms. The number of ether oxygens (including phenoxy) is 1. The molecule has 10 heteroatoms. The summed E-state index contributed by atoms with van der Waals surface area (Å²) in [4.78, 5) is 63.3. The van der Waals surface area contributed by atoms with E-state index >= 15 is 0 Å². The predicted octanol–water partition coefficient (Wildman–Crippen LogP) is 0.518. The van der Waals surface area contributed by atoms with Gasteiger partial charge in [-0.05, 0) is 32.1 Å². The minimum atomic E-state index is -0.972. The molecule has 1 aliphatic heterocycles. The van der Waals surface area contributed by atoms with E-state index in [1.165, 1.54) is 13.0 Å². The molecule has 32 heavy (non-hydrogen) atoms. The van der Waals surface area contributed by atoms with E-state index < -0.39 is 53.8 Å². The van der Waals surface area contributed by atoms with Gasteiger partial charge in [0.2, 0.25) is 17.7 Å². The van der Waals surface area contributed by atoms with Crippen LogP contribution in [-0.2, 0) is 28.7 Å². The fraction of sp³-hybridized carbons (Fsp3) is 0.682. The Labute approximate surface area is 189 Å². The summed E-state index contributed by atoms with van der Waals surface area (Å²) in [5, 5.41) is 10.3. The lowest BCUT2D eigenvalue weighted by Gasteiger charge is -2.27. The first-order chi connectivity index (χ1) is 14.9. The van der Waals surface area contributed by atoms with Gasteiger partial charge in [-0.15, -0.1) is 0 Å². The minimum Gasteiger partial charge on any atom is -0.460 e. The number of carbonyl (C=O) groups is 5. The maximum absolute atomic E-state index is 12.8. The molecular formula is C22H36N4O6. The number of carbonyl (C=O) groups excluding carboxylic acids is 5. The molecule has 4 atom stereocenters. The van der Waals surface area contributed by atoms with E-state index in [9.17, 15) is 24.0 Å². The molecule has 0 bridgehead atoms. The zero-order valence-electron chi connectivity index (χ0n) is 19.9. The van der Waals surface area contributed by atoms with E-state index in [4.69, 9.17) is 4.74 Å². The standard InChI is InChI=1S/C22H36N4O6/c1-8-14-10-16(27)25-17(11(3)4)21(30)23-13(7)19(28)24-15(9-2)20(29)26-18(12(5)6)22(31)32-14/h9,11-14,17-18H,8,10H2,1-7H3,(H,23,30)(H,24,28)(H,25,27)(H,26,29)/b15-9-. The molecule has 0 saturated carbocycles. The first-order valence-corrected chi connectivity index (χ1v) is 11.0. The second-order valence-electron chi connectivity index (χ2n) is 8.58. The summed E-state index contributed by atoms with van der Waals surface area (Å²) in [7, 11) is 0. The molecule has 0 aliphatic carbocycles. The maximum Gasteiger partial charge on any atom is 0.329 e. The average Bonchev–Trinajstić information content (AvgIpc) is 2.71. The van der Waals surface area contributed by atoms with E-state index in [0.29, 0.717) is 6.42 Å². The lowest BCUT2D eigenvalue weighted by atomic mass is 10.0. The van der Waals surface area contributed by atoms with Crippen molar-refractivity contribution in [1.29, 1.82) is 0 Å². The smallest absolute Gasteiger partial charge is 0.329 e. The van der Waals surface area contributed by atoms with Crippen molar-refractivity contribution in [2.24, 2.45) is 11.8 Å². The molecule has 1 fully saturated rings. The highest BCUT2D eigenvalue weighted by Crippen LogP contribution is 2.12. The van der Waals surface area contributed by atoms with Crippen molar-refractivity contribution in [3.05, 3.63) is 11.8 Å². The predicted molar refractivity (Wildman–Crippen MR) is 118 cm³/mol. The Kier molecular flexibility index (Phi) is 10.3. The Morgan fingerprint density at radius 1 is 0.938 bits per heavy atom. The Hall–Kier alpha value is -2.91. The normalized spacial score (nSPS) is 28.2. The molecule has 1 aliphatic rings. The number of hydrogen-bond donors (Lipinski definition) is 4. The third-order valence-corrected chi connectivity index (χ3v) is 5.17. The van der Waals surface area contributed by atoms with Crippen LogP contribution in [0.2, 0.25) is 0 Å². The van der Waals surface area contributed by atoms with Crippen LogP contribution in [0.1, 0.15) is 61.3 Å². The summed E-state index contributed by atoms with van der Waals surface area (Å²) >= 11 is 0. The number of nitrogens with one attached hydrogen (secondary N) is 4. The van der Waals surface area contributed by atoms with Gasteiger partial charge >= 0.3 is 5.97 Å². The molecule has 0 radical (unpaired) electrons. The van der Waals surface area contributed by atoms with Gasteiger partial charge in [-0.1, -0.05) is 40.7 Å². The van der Waals surface area contributed by atoms with Crippen LogP contribution in [0.4, 0.5) is 0 Å². The maximum atomic E-state index is 12.8. The summed E-state index contributed by atoms with van der Waals surface area (Å²) in [6, 6.07) is -2.82. The zero-order valence-corrected chi connectivity index (χ0v) is 19.9. The van der Waals surface area contributed by atoms with Gasteiger partial charge in [-0.3, -0.25) is 19.2 Å². The summed E-state index contributed by atoms with van der Waals surface area (Å²) in [5.74, 6) is -3.48.